The smallest absolute Gasteiger partial charge is 0.353 e. The molecule has 0 amide bonds. The van der Waals surface area contributed by atoms with E-state index >= 15 is 4.39 Å². The van der Waals surface area contributed by atoms with Crippen LogP contribution in [0, 0.1) is 13.8 Å². The summed E-state index contributed by atoms with van der Waals surface area (Å²) in [6.07, 6.45) is -4.03. The molecule has 11 nitrogen and oxygen atoms in total. The first-order valence-corrected chi connectivity index (χ1v) is 12.7. The highest BCUT2D eigenvalue weighted by molar-refractivity contribution is 6.30. The van der Waals surface area contributed by atoms with Gasteiger partial charge in [0.1, 0.15) is 5.75 Å². The third-order valence-electron chi connectivity index (χ3n) is 6.07. The molecule has 41 heavy (non-hydrogen) atoms. The zero-order chi connectivity index (χ0) is 29.9. The van der Waals surface area contributed by atoms with E-state index in [0.717, 1.165) is 29.5 Å². The van der Waals surface area contributed by atoms with Crippen LogP contribution in [0.25, 0.3) is 0 Å². The summed E-state index contributed by atoms with van der Waals surface area (Å²) >= 11 is 5.91. The minimum Gasteiger partial charge on any atom is -0.456 e. The average molecular weight is 589 g/mol. The van der Waals surface area contributed by atoms with E-state index < -0.39 is 54.5 Å². The Bertz CT molecular complexity index is 1520. The number of halogens is 2. The van der Waals surface area contributed by atoms with Gasteiger partial charge in [-0.3, -0.25) is 14.2 Å². The molecule has 216 valence electrons. The second kappa shape index (κ2) is 12.1. The first-order valence-electron chi connectivity index (χ1n) is 12.3. The number of para-hydroxylation sites is 1. The second-order valence-corrected chi connectivity index (χ2v) is 9.70. The van der Waals surface area contributed by atoms with Crippen molar-refractivity contribution in [3.63, 3.8) is 0 Å². The van der Waals surface area contributed by atoms with Crippen LogP contribution in [0.15, 0.2) is 59.5 Å². The van der Waals surface area contributed by atoms with Gasteiger partial charge in [-0.15, -0.1) is 0 Å². The SMILES string of the molecule is CC(=O)O[C@H]1[C@H](n2ccc(Oc3c(C)cccc3C)nc2=O)O[C@](F)(COC(=O)c2cccc(Cl)c2)[C@H]1OC(C)=O. The van der Waals surface area contributed by atoms with Gasteiger partial charge in [-0.25, -0.2) is 14.0 Å². The van der Waals surface area contributed by atoms with E-state index in [1.165, 1.54) is 36.5 Å². The Morgan fingerprint density at radius 3 is 2.32 bits per heavy atom. The number of rotatable bonds is 8. The summed E-state index contributed by atoms with van der Waals surface area (Å²) in [6.45, 7) is 4.62. The summed E-state index contributed by atoms with van der Waals surface area (Å²) in [5.74, 6) is -5.35. The lowest BCUT2D eigenvalue weighted by Crippen LogP contribution is -2.47. The molecule has 1 aliphatic rings. The van der Waals surface area contributed by atoms with Gasteiger partial charge in [0.05, 0.1) is 5.56 Å². The van der Waals surface area contributed by atoms with Crippen LogP contribution in [0.5, 0.6) is 11.6 Å². The minimum atomic E-state index is -3.03. The van der Waals surface area contributed by atoms with Crippen LogP contribution in [-0.4, -0.2) is 52.1 Å². The number of hydrogen-bond acceptors (Lipinski definition) is 10. The Hall–Kier alpha value is -4.29. The van der Waals surface area contributed by atoms with Crippen LogP contribution in [0.1, 0.15) is 41.6 Å². The van der Waals surface area contributed by atoms with Crippen molar-refractivity contribution in [1.82, 2.24) is 9.55 Å². The normalized spacial score (nSPS) is 21.7. The molecular formula is C28H26ClFN2O9. The van der Waals surface area contributed by atoms with Crippen molar-refractivity contribution >= 4 is 29.5 Å². The molecule has 4 rings (SSSR count). The van der Waals surface area contributed by atoms with Gasteiger partial charge in [0.25, 0.3) is 5.85 Å². The van der Waals surface area contributed by atoms with Crippen LogP contribution in [0.4, 0.5) is 4.39 Å². The van der Waals surface area contributed by atoms with Gasteiger partial charge in [-0.2, -0.15) is 4.98 Å². The number of alkyl halides is 1. The van der Waals surface area contributed by atoms with Crippen molar-refractivity contribution < 1.29 is 42.5 Å². The largest absolute Gasteiger partial charge is 0.456 e. The molecule has 0 aliphatic carbocycles. The van der Waals surface area contributed by atoms with Crippen molar-refractivity contribution in [3.05, 3.63) is 86.9 Å². The zero-order valence-electron chi connectivity index (χ0n) is 22.5. The molecule has 1 saturated heterocycles. The number of hydrogen-bond donors (Lipinski definition) is 0. The van der Waals surface area contributed by atoms with Gasteiger partial charge in [-0.05, 0) is 43.2 Å². The maximum Gasteiger partial charge on any atom is 0.353 e. The standard InChI is InChI=1S/C28H26ClFN2O9/c1-15-7-5-8-16(2)22(15)40-21-11-12-32(27(36)31-21)25-23(38-17(3)33)24(39-18(4)34)28(30,41-25)14-37-26(35)19-9-6-10-20(29)13-19/h5-13,23-25H,14H2,1-4H3/t23-,24+,25-,28-/m1/s1. The third kappa shape index (κ3) is 6.72. The molecule has 0 spiro atoms. The topological polar surface area (TPSA) is 132 Å². The van der Waals surface area contributed by atoms with E-state index in [0.29, 0.717) is 5.75 Å². The Balaban J connectivity index is 1.65. The van der Waals surface area contributed by atoms with Gasteiger partial charge in [0.15, 0.2) is 18.9 Å². The van der Waals surface area contributed by atoms with Gasteiger partial charge in [-0.1, -0.05) is 35.9 Å². The maximum atomic E-state index is 16.4. The minimum absolute atomic E-state index is 0.0242. The van der Waals surface area contributed by atoms with E-state index in [1.807, 2.05) is 32.0 Å². The summed E-state index contributed by atoms with van der Waals surface area (Å²) in [5, 5.41) is 0.246. The van der Waals surface area contributed by atoms with Crippen molar-refractivity contribution in [2.24, 2.45) is 0 Å². The monoisotopic (exact) mass is 588 g/mol. The third-order valence-corrected chi connectivity index (χ3v) is 6.31. The number of aryl methyl sites for hydroxylation is 2. The van der Waals surface area contributed by atoms with Crippen molar-refractivity contribution in [3.8, 4) is 11.6 Å². The van der Waals surface area contributed by atoms with Gasteiger partial charge < -0.3 is 23.7 Å². The second-order valence-electron chi connectivity index (χ2n) is 9.26. The summed E-state index contributed by atoms with van der Waals surface area (Å²) < 4.78 is 44.0. The highest BCUT2D eigenvalue weighted by Gasteiger charge is 2.62. The number of benzene rings is 2. The quantitative estimate of drug-likeness (QED) is 0.278. The lowest BCUT2D eigenvalue weighted by atomic mass is 10.1. The predicted molar refractivity (Wildman–Crippen MR) is 141 cm³/mol. The summed E-state index contributed by atoms with van der Waals surface area (Å²) in [6, 6.07) is 12.6. The van der Waals surface area contributed by atoms with E-state index in [1.54, 1.807) is 0 Å². The number of aromatic nitrogens is 2. The molecule has 2 heterocycles. The van der Waals surface area contributed by atoms with E-state index in [2.05, 4.69) is 4.98 Å². The van der Waals surface area contributed by atoms with Crippen LogP contribution >= 0.6 is 11.6 Å². The predicted octanol–water partition coefficient (Wildman–Crippen LogP) is 4.22. The zero-order valence-corrected chi connectivity index (χ0v) is 23.2. The molecule has 0 unspecified atom stereocenters. The number of carbonyl (C=O) groups is 3. The lowest BCUT2D eigenvalue weighted by molar-refractivity contribution is -0.217. The summed E-state index contributed by atoms with van der Waals surface area (Å²) in [5.41, 5.74) is 0.696. The molecular weight excluding hydrogens is 563 g/mol. The Labute approximate surface area is 238 Å². The number of nitrogens with zero attached hydrogens (tertiary/aromatic N) is 2. The molecule has 1 aliphatic heterocycles. The number of carbonyl (C=O) groups excluding carboxylic acids is 3. The van der Waals surface area contributed by atoms with Gasteiger partial charge >= 0.3 is 23.6 Å². The average Bonchev–Trinajstić information content (AvgIpc) is 3.15. The first-order chi connectivity index (χ1) is 19.4. The Kier molecular flexibility index (Phi) is 8.74. The first kappa shape index (κ1) is 29.7. The molecule has 1 aromatic heterocycles. The van der Waals surface area contributed by atoms with Crippen molar-refractivity contribution in [2.75, 3.05) is 6.61 Å². The molecule has 2 aromatic carbocycles. The highest BCUT2D eigenvalue weighted by atomic mass is 35.5. The van der Waals surface area contributed by atoms with Crippen molar-refractivity contribution in [1.29, 1.82) is 0 Å². The Morgan fingerprint density at radius 1 is 1.05 bits per heavy atom. The molecule has 0 N–H and O–H groups in total. The summed E-state index contributed by atoms with van der Waals surface area (Å²) in [7, 11) is 0. The fourth-order valence-electron chi connectivity index (χ4n) is 4.28. The van der Waals surface area contributed by atoms with Crippen LogP contribution in [0.3, 0.4) is 0 Å². The van der Waals surface area contributed by atoms with Gasteiger partial charge in [0, 0.05) is 31.1 Å². The molecule has 13 heteroatoms. The fourth-order valence-corrected chi connectivity index (χ4v) is 4.47. The van der Waals surface area contributed by atoms with E-state index in [9.17, 15) is 19.2 Å². The molecule has 4 atom stereocenters. The fraction of sp³-hybridized carbons (Fsp3) is 0.321. The van der Waals surface area contributed by atoms with Crippen LogP contribution < -0.4 is 10.4 Å². The summed E-state index contributed by atoms with van der Waals surface area (Å²) in [4.78, 5) is 53.4. The molecule has 3 aromatic rings. The van der Waals surface area contributed by atoms with Crippen LogP contribution in [-0.2, 0) is 28.5 Å². The highest BCUT2D eigenvalue weighted by Crippen LogP contribution is 2.42. The molecule has 0 radical (unpaired) electrons. The van der Waals surface area contributed by atoms with E-state index in [4.69, 9.17) is 35.3 Å². The molecule has 0 saturated carbocycles. The lowest BCUT2D eigenvalue weighted by Gasteiger charge is -2.26. The molecule has 1 fully saturated rings. The maximum absolute atomic E-state index is 16.4. The molecule has 0 bridgehead atoms. The van der Waals surface area contributed by atoms with Crippen LogP contribution in [0.2, 0.25) is 5.02 Å². The number of ether oxygens (including phenoxy) is 5. The van der Waals surface area contributed by atoms with Gasteiger partial charge in [0.2, 0.25) is 12.0 Å². The van der Waals surface area contributed by atoms with E-state index in [-0.39, 0.29) is 16.5 Å². The number of esters is 3. The van der Waals surface area contributed by atoms with Crippen molar-refractivity contribution in [2.45, 2.75) is 52.0 Å². The Morgan fingerprint density at radius 2 is 1.71 bits per heavy atom.